The second-order valence-electron chi connectivity index (χ2n) is 3.89. The summed E-state index contributed by atoms with van der Waals surface area (Å²) < 4.78 is 5.51. The molecule has 0 heterocycles. The molecule has 0 aliphatic carbocycles. The molecule has 0 aromatic heterocycles. The quantitative estimate of drug-likeness (QED) is 0.850. The highest BCUT2D eigenvalue weighted by atomic mass is 35.5. The molecule has 0 aliphatic heterocycles. The Morgan fingerprint density at radius 1 is 1.21 bits per heavy atom. The van der Waals surface area contributed by atoms with Gasteiger partial charge in [0.05, 0.1) is 12.3 Å². The summed E-state index contributed by atoms with van der Waals surface area (Å²) in [5.41, 5.74) is 1.57. The summed E-state index contributed by atoms with van der Waals surface area (Å²) in [5.74, 6) is 0.964. The van der Waals surface area contributed by atoms with Gasteiger partial charge in [-0.15, -0.1) is 0 Å². The molecule has 0 atom stereocenters. The topological polar surface area (TPSA) is 41.8 Å². The van der Waals surface area contributed by atoms with Crippen molar-refractivity contribution in [2.75, 3.05) is 6.61 Å². The lowest BCUT2D eigenvalue weighted by molar-refractivity contribution is 0.340. The molecule has 0 saturated heterocycles. The van der Waals surface area contributed by atoms with Gasteiger partial charge in [-0.3, -0.25) is 4.99 Å². The van der Waals surface area contributed by atoms with Crippen LogP contribution in [0.3, 0.4) is 0 Å². The van der Waals surface area contributed by atoms with Crippen molar-refractivity contribution in [1.29, 1.82) is 0 Å². The third-order valence-corrected chi connectivity index (χ3v) is 2.71. The van der Waals surface area contributed by atoms with Crippen molar-refractivity contribution < 1.29 is 9.84 Å². The zero-order chi connectivity index (χ0) is 13.7. The van der Waals surface area contributed by atoms with E-state index in [0.29, 0.717) is 11.6 Å². The molecule has 98 valence electrons. The molecule has 2 rings (SSSR count). The molecule has 0 saturated carbocycles. The fourth-order valence-electron chi connectivity index (χ4n) is 1.59. The van der Waals surface area contributed by atoms with Gasteiger partial charge in [-0.1, -0.05) is 11.6 Å². The van der Waals surface area contributed by atoms with Crippen LogP contribution >= 0.6 is 11.6 Å². The minimum atomic E-state index is 0.219. The molecule has 4 heteroatoms. The molecule has 0 bridgehead atoms. The number of aromatic hydroxyl groups is 1. The third-order valence-electron chi connectivity index (χ3n) is 2.47. The van der Waals surface area contributed by atoms with E-state index in [1.807, 2.05) is 13.0 Å². The lowest BCUT2D eigenvalue weighted by Crippen LogP contribution is -1.95. The van der Waals surface area contributed by atoms with E-state index in [9.17, 15) is 5.11 Å². The Labute approximate surface area is 117 Å². The molecule has 0 unspecified atom stereocenters. The second kappa shape index (κ2) is 6.25. The molecular formula is C15H14ClNO2. The first-order valence-corrected chi connectivity index (χ1v) is 6.32. The van der Waals surface area contributed by atoms with E-state index in [0.717, 1.165) is 17.0 Å². The van der Waals surface area contributed by atoms with Crippen molar-refractivity contribution in [1.82, 2.24) is 0 Å². The van der Waals surface area contributed by atoms with E-state index in [4.69, 9.17) is 16.3 Å². The third kappa shape index (κ3) is 3.73. The summed E-state index contributed by atoms with van der Waals surface area (Å²) in [7, 11) is 0. The Bertz CT molecular complexity index is 579. The molecule has 0 radical (unpaired) electrons. The van der Waals surface area contributed by atoms with E-state index < -0.39 is 0 Å². The average Bonchev–Trinajstić information content (AvgIpc) is 2.41. The summed E-state index contributed by atoms with van der Waals surface area (Å²) in [6.45, 7) is 2.51. The van der Waals surface area contributed by atoms with Crippen LogP contribution in [0.5, 0.6) is 11.5 Å². The smallest absolute Gasteiger partial charge is 0.128 e. The van der Waals surface area contributed by atoms with E-state index in [1.54, 1.807) is 42.6 Å². The van der Waals surface area contributed by atoms with Gasteiger partial charge in [0, 0.05) is 16.8 Å². The first-order chi connectivity index (χ1) is 9.19. The number of ether oxygens (including phenoxy) is 1. The van der Waals surface area contributed by atoms with Gasteiger partial charge >= 0.3 is 0 Å². The number of aliphatic imine (C=N–C) groups is 1. The standard InChI is InChI=1S/C15H14ClNO2/c1-2-19-15-8-3-12(16)9-11(15)10-17-13-4-6-14(18)7-5-13/h3-10,18H,2H2,1H3. The fraction of sp³-hybridized carbons (Fsp3) is 0.133. The Kier molecular flexibility index (Phi) is 4.42. The number of halogens is 1. The maximum Gasteiger partial charge on any atom is 0.128 e. The number of benzene rings is 2. The predicted molar refractivity (Wildman–Crippen MR) is 78.0 cm³/mol. The number of nitrogens with zero attached hydrogens (tertiary/aromatic N) is 1. The number of hydrogen-bond acceptors (Lipinski definition) is 3. The zero-order valence-electron chi connectivity index (χ0n) is 10.5. The largest absolute Gasteiger partial charge is 0.508 e. The van der Waals surface area contributed by atoms with Gasteiger partial charge in [0.2, 0.25) is 0 Å². The SMILES string of the molecule is CCOc1ccc(Cl)cc1C=Nc1ccc(O)cc1. The highest BCUT2D eigenvalue weighted by molar-refractivity contribution is 6.30. The lowest BCUT2D eigenvalue weighted by atomic mass is 10.2. The monoisotopic (exact) mass is 275 g/mol. The molecule has 0 aliphatic rings. The number of hydrogen-bond donors (Lipinski definition) is 1. The lowest BCUT2D eigenvalue weighted by Gasteiger charge is -2.06. The van der Waals surface area contributed by atoms with E-state index in [1.165, 1.54) is 0 Å². The van der Waals surface area contributed by atoms with Gasteiger partial charge in [0.1, 0.15) is 11.5 Å². The van der Waals surface area contributed by atoms with Crippen molar-refractivity contribution in [3.05, 3.63) is 53.1 Å². The van der Waals surface area contributed by atoms with Crippen LogP contribution in [0.2, 0.25) is 5.02 Å². The Morgan fingerprint density at radius 3 is 2.63 bits per heavy atom. The Hall–Kier alpha value is -2.00. The van der Waals surface area contributed by atoms with Crippen LogP contribution in [0.25, 0.3) is 0 Å². The summed E-state index contributed by atoms with van der Waals surface area (Å²) in [6.07, 6.45) is 1.70. The number of phenolic OH excluding ortho intramolecular Hbond substituents is 1. The normalized spacial score (nSPS) is 10.8. The van der Waals surface area contributed by atoms with Crippen molar-refractivity contribution in [3.8, 4) is 11.5 Å². The number of rotatable bonds is 4. The van der Waals surface area contributed by atoms with Gasteiger partial charge in [-0.2, -0.15) is 0 Å². The Balaban J connectivity index is 2.26. The predicted octanol–water partition coefficient (Wildman–Crippen LogP) is 4.19. The molecule has 0 amide bonds. The molecular weight excluding hydrogens is 262 g/mol. The van der Waals surface area contributed by atoms with Gasteiger partial charge in [-0.05, 0) is 49.4 Å². The summed E-state index contributed by atoms with van der Waals surface area (Å²) in [6, 6.07) is 12.1. The fourth-order valence-corrected chi connectivity index (χ4v) is 1.77. The highest BCUT2D eigenvalue weighted by Crippen LogP contribution is 2.23. The van der Waals surface area contributed by atoms with E-state index >= 15 is 0 Å². The first-order valence-electron chi connectivity index (χ1n) is 5.94. The van der Waals surface area contributed by atoms with Gasteiger partial charge in [0.15, 0.2) is 0 Å². The summed E-state index contributed by atoms with van der Waals surface area (Å²) in [4.78, 5) is 4.33. The molecule has 3 nitrogen and oxygen atoms in total. The summed E-state index contributed by atoms with van der Waals surface area (Å²) >= 11 is 5.97. The minimum Gasteiger partial charge on any atom is -0.508 e. The summed E-state index contributed by atoms with van der Waals surface area (Å²) in [5, 5.41) is 9.84. The van der Waals surface area contributed by atoms with Crippen LogP contribution in [0, 0.1) is 0 Å². The molecule has 0 fully saturated rings. The average molecular weight is 276 g/mol. The highest BCUT2D eigenvalue weighted by Gasteiger charge is 2.02. The molecule has 19 heavy (non-hydrogen) atoms. The van der Waals surface area contributed by atoms with Gasteiger partial charge < -0.3 is 9.84 Å². The van der Waals surface area contributed by atoms with Crippen LogP contribution in [0.15, 0.2) is 47.5 Å². The molecule has 1 N–H and O–H groups in total. The second-order valence-corrected chi connectivity index (χ2v) is 4.33. The van der Waals surface area contributed by atoms with Crippen molar-refractivity contribution in [2.24, 2.45) is 4.99 Å². The number of phenols is 1. The van der Waals surface area contributed by atoms with Crippen molar-refractivity contribution in [3.63, 3.8) is 0 Å². The van der Waals surface area contributed by atoms with E-state index in [2.05, 4.69) is 4.99 Å². The van der Waals surface area contributed by atoms with Gasteiger partial charge in [-0.25, -0.2) is 0 Å². The molecule has 2 aromatic carbocycles. The first kappa shape index (κ1) is 13.4. The van der Waals surface area contributed by atoms with Crippen LogP contribution in [0.1, 0.15) is 12.5 Å². The molecule has 0 spiro atoms. The van der Waals surface area contributed by atoms with Crippen molar-refractivity contribution >= 4 is 23.5 Å². The van der Waals surface area contributed by atoms with E-state index in [-0.39, 0.29) is 5.75 Å². The van der Waals surface area contributed by atoms with Crippen LogP contribution in [-0.2, 0) is 0 Å². The van der Waals surface area contributed by atoms with Crippen LogP contribution < -0.4 is 4.74 Å². The minimum absolute atomic E-state index is 0.219. The zero-order valence-corrected chi connectivity index (χ0v) is 11.3. The maximum absolute atomic E-state index is 9.20. The van der Waals surface area contributed by atoms with Crippen LogP contribution in [0.4, 0.5) is 5.69 Å². The maximum atomic E-state index is 9.20. The molecule has 2 aromatic rings. The van der Waals surface area contributed by atoms with Gasteiger partial charge in [0.25, 0.3) is 0 Å². The van der Waals surface area contributed by atoms with Crippen molar-refractivity contribution in [2.45, 2.75) is 6.92 Å². The Morgan fingerprint density at radius 2 is 1.95 bits per heavy atom. The van der Waals surface area contributed by atoms with Crippen LogP contribution in [-0.4, -0.2) is 17.9 Å².